The predicted octanol–water partition coefficient (Wildman–Crippen LogP) is 1.54. The van der Waals surface area contributed by atoms with Crippen LogP contribution in [0.15, 0.2) is 6.33 Å². The van der Waals surface area contributed by atoms with Crippen LogP contribution in [0, 0.1) is 29.1 Å². The number of benzene rings is 1. The Bertz CT molecular complexity index is 565. The molecule has 4 nitrogen and oxygen atoms in total. The number of hydrogen-bond donors (Lipinski definition) is 1. The molecular weight excluding hydrogens is 247 g/mol. The summed E-state index contributed by atoms with van der Waals surface area (Å²) < 4.78 is 65.3. The summed E-state index contributed by atoms with van der Waals surface area (Å²) in [6, 6.07) is 0. The van der Waals surface area contributed by atoms with Gasteiger partial charge in [-0.3, -0.25) is 0 Å². The molecule has 0 aliphatic heterocycles. The molecule has 1 aromatic carbocycles. The molecule has 17 heavy (non-hydrogen) atoms. The van der Waals surface area contributed by atoms with Crippen LogP contribution in [-0.2, 0) is 0 Å². The SMILES string of the molecule is Nc1ncn(-c2c(F)c(F)c(F)c(F)c2F)n1. The quantitative estimate of drug-likeness (QED) is 0.474. The molecule has 1 heterocycles. The molecule has 9 heteroatoms. The third-order valence-electron chi connectivity index (χ3n) is 1.93. The topological polar surface area (TPSA) is 56.7 Å². The van der Waals surface area contributed by atoms with Gasteiger partial charge in [-0.25, -0.2) is 31.6 Å². The molecule has 0 bridgehead atoms. The maximum absolute atomic E-state index is 13.2. The molecule has 90 valence electrons. The number of rotatable bonds is 1. The summed E-state index contributed by atoms with van der Waals surface area (Å²) >= 11 is 0. The van der Waals surface area contributed by atoms with Crippen molar-refractivity contribution >= 4 is 5.95 Å². The van der Waals surface area contributed by atoms with E-state index >= 15 is 0 Å². The molecule has 0 radical (unpaired) electrons. The summed E-state index contributed by atoms with van der Waals surface area (Å²) in [6.45, 7) is 0. The minimum Gasteiger partial charge on any atom is -0.366 e. The lowest BCUT2D eigenvalue weighted by atomic mass is 10.2. The molecule has 0 spiro atoms. The largest absolute Gasteiger partial charge is 0.366 e. The van der Waals surface area contributed by atoms with Crippen LogP contribution < -0.4 is 5.73 Å². The van der Waals surface area contributed by atoms with Crippen LogP contribution in [0.2, 0.25) is 0 Å². The van der Waals surface area contributed by atoms with Gasteiger partial charge in [-0.1, -0.05) is 0 Å². The van der Waals surface area contributed by atoms with Crippen molar-refractivity contribution in [3.8, 4) is 5.69 Å². The smallest absolute Gasteiger partial charge is 0.239 e. The van der Waals surface area contributed by atoms with E-state index in [1.807, 2.05) is 0 Å². The first-order valence-corrected chi connectivity index (χ1v) is 4.12. The van der Waals surface area contributed by atoms with E-state index in [4.69, 9.17) is 5.73 Å². The van der Waals surface area contributed by atoms with Crippen LogP contribution >= 0.6 is 0 Å². The Morgan fingerprint density at radius 1 is 0.882 bits per heavy atom. The molecule has 0 atom stereocenters. The summed E-state index contributed by atoms with van der Waals surface area (Å²) in [5, 5.41) is 3.26. The van der Waals surface area contributed by atoms with Crippen molar-refractivity contribution in [2.75, 3.05) is 5.73 Å². The van der Waals surface area contributed by atoms with Gasteiger partial charge >= 0.3 is 0 Å². The highest BCUT2D eigenvalue weighted by atomic mass is 19.2. The highest BCUT2D eigenvalue weighted by Gasteiger charge is 2.27. The minimum atomic E-state index is -2.24. The van der Waals surface area contributed by atoms with Crippen molar-refractivity contribution in [1.29, 1.82) is 0 Å². The number of hydrogen-bond acceptors (Lipinski definition) is 3. The predicted molar refractivity (Wildman–Crippen MR) is 45.6 cm³/mol. The fraction of sp³-hybridized carbons (Fsp3) is 0. The zero-order valence-corrected chi connectivity index (χ0v) is 7.89. The molecule has 2 rings (SSSR count). The van der Waals surface area contributed by atoms with Gasteiger partial charge in [-0.2, -0.15) is 0 Å². The average Bonchev–Trinajstić information content (AvgIpc) is 2.71. The standard InChI is InChI=1S/C8H3F5N4/c9-2-3(10)5(12)7(6(13)4(2)11)17-1-15-8(14)16-17/h1H,(H2,14,16). The van der Waals surface area contributed by atoms with Crippen LogP contribution in [-0.4, -0.2) is 14.8 Å². The molecule has 0 amide bonds. The summed E-state index contributed by atoms with van der Waals surface area (Å²) in [7, 11) is 0. The Hall–Kier alpha value is -2.19. The molecule has 0 saturated heterocycles. The van der Waals surface area contributed by atoms with Crippen molar-refractivity contribution in [1.82, 2.24) is 14.8 Å². The molecule has 0 saturated carbocycles. The van der Waals surface area contributed by atoms with E-state index in [9.17, 15) is 22.0 Å². The van der Waals surface area contributed by atoms with E-state index in [2.05, 4.69) is 10.1 Å². The zero-order valence-electron chi connectivity index (χ0n) is 7.89. The Morgan fingerprint density at radius 2 is 1.35 bits per heavy atom. The van der Waals surface area contributed by atoms with Crippen molar-refractivity contribution in [3.05, 3.63) is 35.4 Å². The normalized spacial score (nSPS) is 10.9. The van der Waals surface area contributed by atoms with Crippen molar-refractivity contribution in [2.24, 2.45) is 0 Å². The second kappa shape index (κ2) is 3.68. The van der Waals surface area contributed by atoms with E-state index in [-0.39, 0.29) is 5.95 Å². The van der Waals surface area contributed by atoms with Crippen LogP contribution in [0.25, 0.3) is 5.69 Å². The summed E-state index contributed by atoms with van der Waals surface area (Å²) in [6.07, 6.45) is 0.730. The Balaban J connectivity index is 2.78. The third kappa shape index (κ3) is 1.59. The van der Waals surface area contributed by atoms with E-state index in [0.717, 1.165) is 6.33 Å². The second-order valence-corrected chi connectivity index (χ2v) is 2.97. The fourth-order valence-corrected chi connectivity index (χ4v) is 1.18. The van der Waals surface area contributed by atoms with Gasteiger partial charge in [0.25, 0.3) is 0 Å². The minimum absolute atomic E-state index is 0.367. The van der Waals surface area contributed by atoms with E-state index in [1.54, 1.807) is 0 Å². The van der Waals surface area contributed by atoms with E-state index < -0.39 is 34.8 Å². The molecule has 0 fully saturated rings. The van der Waals surface area contributed by atoms with Gasteiger partial charge in [-0.15, -0.1) is 5.10 Å². The lowest BCUT2D eigenvalue weighted by Gasteiger charge is -2.06. The maximum atomic E-state index is 13.2. The number of nitrogens with zero attached hydrogens (tertiary/aromatic N) is 3. The Kier molecular flexibility index (Phi) is 2.45. The molecule has 0 aliphatic rings. The molecule has 2 aromatic rings. The van der Waals surface area contributed by atoms with Crippen LogP contribution in [0.3, 0.4) is 0 Å². The van der Waals surface area contributed by atoms with E-state index in [1.165, 1.54) is 0 Å². The highest BCUT2D eigenvalue weighted by Crippen LogP contribution is 2.25. The maximum Gasteiger partial charge on any atom is 0.239 e. The van der Waals surface area contributed by atoms with Crippen LogP contribution in [0.5, 0.6) is 0 Å². The molecule has 0 unspecified atom stereocenters. The highest BCUT2D eigenvalue weighted by molar-refractivity contribution is 5.37. The first-order valence-electron chi connectivity index (χ1n) is 4.12. The van der Waals surface area contributed by atoms with Crippen molar-refractivity contribution < 1.29 is 22.0 Å². The summed E-state index contributed by atoms with van der Waals surface area (Å²) in [4.78, 5) is 3.31. The fourth-order valence-electron chi connectivity index (χ4n) is 1.18. The lowest BCUT2D eigenvalue weighted by Crippen LogP contribution is -2.10. The monoisotopic (exact) mass is 250 g/mol. The van der Waals surface area contributed by atoms with Gasteiger partial charge in [0.15, 0.2) is 23.3 Å². The first kappa shape index (κ1) is 11.3. The Morgan fingerprint density at radius 3 is 1.76 bits per heavy atom. The molecular formula is C8H3F5N4. The number of nitrogens with two attached hydrogens (primary N) is 1. The molecule has 0 aliphatic carbocycles. The third-order valence-corrected chi connectivity index (χ3v) is 1.93. The van der Waals surface area contributed by atoms with Gasteiger partial charge in [0.2, 0.25) is 11.8 Å². The molecule has 1 aromatic heterocycles. The van der Waals surface area contributed by atoms with Crippen LogP contribution in [0.4, 0.5) is 27.9 Å². The number of nitrogen functional groups attached to an aromatic ring is 1. The average molecular weight is 250 g/mol. The van der Waals surface area contributed by atoms with Crippen LogP contribution in [0.1, 0.15) is 0 Å². The van der Waals surface area contributed by atoms with Gasteiger partial charge in [-0.05, 0) is 0 Å². The summed E-state index contributed by atoms with van der Waals surface area (Å²) in [5.41, 5.74) is 3.84. The first-order chi connectivity index (χ1) is 7.93. The summed E-state index contributed by atoms with van der Waals surface area (Å²) in [5.74, 6) is -10.7. The number of aromatic nitrogens is 3. The zero-order chi connectivity index (χ0) is 12.7. The molecule has 2 N–H and O–H groups in total. The lowest BCUT2D eigenvalue weighted by molar-refractivity contribution is 0.374. The van der Waals surface area contributed by atoms with Gasteiger partial charge in [0, 0.05) is 0 Å². The second-order valence-electron chi connectivity index (χ2n) is 2.97. The van der Waals surface area contributed by atoms with Crippen molar-refractivity contribution in [3.63, 3.8) is 0 Å². The van der Waals surface area contributed by atoms with E-state index in [0.29, 0.717) is 4.68 Å². The van der Waals surface area contributed by atoms with Crippen molar-refractivity contribution in [2.45, 2.75) is 0 Å². The van der Waals surface area contributed by atoms with Gasteiger partial charge in [0.1, 0.15) is 12.0 Å². The number of anilines is 1. The van der Waals surface area contributed by atoms with Gasteiger partial charge in [0.05, 0.1) is 0 Å². The Labute approximate surface area is 90.5 Å². The number of halogens is 5. The van der Waals surface area contributed by atoms with Gasteiger partial charge < -0.3 is 5.73 Å².